The number of benzene rings is 2. The van der Waals surface area contributed by atoms with Crippen LogP contribution in [0.4, 0.5) is 21.5 Å². The number of nitrogens with two attached hydrogens (primary N) is 1. The van der Waals surface area contributed by atoms with Gasteiger partial charge in [0.05, 0.1) is 6.54 Å². The minimum atomic E-state index is -0.227. The molecule has 29 heavy (non-hydrogen) atoms. The molecule has 8 heteroatoms. The molecule has 4 rings (SSSR count). The number of anilines is 3. The molecule has 0 spiro atoms. The average Bonchev–Trinajstić information content (AvgIpc) is 2.69. The van der Waals surface area contributed by atoms with Gasteiger partial charge >= 0.3 is 0 Å². The van der Waals surface area contributed by atoms with Crippen molar-refractivity contribution in [2.75, 3.05) is 54.8 Å². The van der Waals surface area contributed by atoms with Crippen LogP contribution in [0.25, 0.3) is 0 Å². The lowest BCUT2D eigenvalue weighted by molar-refractivity contribution is -0.130. The van der Waals surface area contributed by atoms with Crippen molar-refractivity contribution in [1.82, 2.24) is 4.90 Å². The Bertz CT molecular complexity index is 826. The number of carbonyl (C=O) groups excluding carboxylic acids is 1. The van der Waals surface area contributed by atoms with Gasteiger partial charge in [-0.1, -0.05) is 6.07 Å². The van der Waals surface area contributed by atoms with Crippen molar-refractivity contribution in [2.45, 2.75) is 12.8 Å². The second-order valence-corrected chi connectivity index (χ2v) is 7.21. The Balaban J connectivity index is 0.00000150. The first-order chi connectivity index (χ1) is 13.1. The Hall–Kier alpha value is -2.18. The summed E-state index contributed by atoms with van der Waals surface area (Å²) in [5.74, 6) is -0.0703. The molecule has 0 unspecified atom stereocenters. The van der Waals surface area contributed by atoms with Crippen molar-refractivity contribution in [3.05, 3.63) is 53.8 Å². The zero-order chi connectivity index (χ0) is 18.8. The molecule has 0 bridgehead atoms. The van der Waals surface area contributed by atoms with E-state index in [1.807, 2.05) is 17.0 Å². The third-order valence-corrected chi connectivity index (χ3v) is 5.53. The van der Waals surface area contributed by atoms with Crippen LogP contribution in [0.15, 0.2) is 42.5 Å². The van der Waals surface area contributed by atoms with Gasteiger partial charge < -0.3 is 20.4 Å². The lowest BCUT2D eigenvalue weighted by Crippen LogP contribution is -2.51. The van der Waals surface area contributed by atoms with E-state index < -0.39 is 0 Å². The molecule has 1 fully saturated rings. The summed E-state index contributed by atoms with van der Waals surface area (Å²) >= 11 is 0. The fourth-order valence-corrected chi connectivity index (χ4v) is 4.02. The first-order valence-corrected chi connectivity index (χ1v) is 9.52. The normalized spacial score (nSPS) is 15.8. The Morgan fingerprint density at radius 1 is 0.966 bits per heavy atom. The quantitative estimate of drug-likeness (QED) is 0.743. The van der Waals surface area contributed by atoms with Crippen LogP contribution >= 0.6 is 24.8 Å². The topological polar surface area (TPSA) is 52.8 Å². The third-order valence-electron chi connectivity index (χ3n) is 5.53. The van der Waals surface area contributed by atoms with Crippen molar-refractivity contribution in [1.29, 1.82) is 0 Å². The van der Waals surface area contributed by atoms with Crippen molar-refractivity contribution >= 4 is 47.8 Å². The van der Waals surface area contributed by atoms with Crippen LogP contribution in [0.3, 0.4) is 0 Å². The predicted molar refractivity (Wildman–Crippen MR) is 121 cm³/mol. The number of piperazine rings is 1. The first kappa shape index (κ1) is 23.1. The summed E-state index contributed by atoms with van der Waals surface area (Å²) in [7, 11) is 0. The summed E-state index contributed by atoms with van der Waals surface area (Å²) in [4.78, 5) is 19.1. The number of rotatable bonds is 3. The van der Waals surface area contributed by atoms with Gasteiger partial charge in [-0.3, -0.25) is 4.79 Å². The largest absolute Gasteiger partial charge is 0.398 e. The lowest BCUT2D eigenvalue weighted by Gasteiger charge is -2.38. The molecule has 0 aromatic heterocycles. The Labute approximate surface area is 183 Å². The molecule has 1 amide bonds. The minimum absolute atomic E-state index is 0. The number of hydrogen-bond donors (Lipinski definition) is 1. The van der Waals surface area contributed by atoms with Crippen LogP contribution in [-0.2, 0) is 11.2 Å². The van der Waals surface area contributed by atoms with E-state index in [0.29, 0.717) is 19.6 Å². The highest BCUT2D eigenvalue weighted by Gasteiger charge is 2.25. The van der Waals surface area contributed by atoms with E-state index in [4.69, 9.17) is 5.73 Å². The van der Waals surface area contributed by atoms with Crippen molar-refractivity contribution < 1.29 is 9.18 Å². The highest BCUT2D eigenvalue weighted by molar-refractivity contribution is 5.85. The second kappa shape index (κ2) is 10.0. The van der Waals surface area contributed by atoms with Crippen LogP contribution < -0.4 is 15.5 Å². The molecule has 1 saturated heterocycles. The molecule has 2 aliphatic heterocycles. The number of amides is 1. The van der Waals surface area contributed by atoms with E-state index in [-0.39, 0.29) is 36.5 Å². The maximum absolute atomic E-state index is 13.1. The van der Waals surface area contributed by atoms with Crippen molar-refractivity contribution in [3.8, 4) is 0 Å². The van der Waals surface area contributed by atoms with Gasteiger partial charge in [0, 0.05) is 49.8 Å². The van der Waals surface area contributed by atoms with Crippen LogP contribution in [0.2, 0.25) is 0 Å². The van der Waals surface area contributed by atoms with Gasteiger partial charge in [-0.25, -0.2) is 4.39 Å². The van der Waals surface area contributed by atoms with E-state index in [2.05, 4.69) is 15.9 Å². The van der Waals surface area contributed by atoms with Crippen LogP contribution in [0.1, 0.15) is 12.0 Å². The monoisotopic (exact) mass is 440 g/mol. The molecule has 0 saturated carbocycles. The van der Waals surface area contributed by atoms with Gasteiger partial charge in [-0.2, -0.15) is 0 Å². The smallest absolute Gasteiger partial charge is 0.242 e. The maximum Gasteiger partial charge on any atom is 0.242 e. The number of nitrogen functional groups attached to an aromatic ring is 1. The van der Waals surface area contributed by atoms with E-state index in [0.717, 1.165) is 55.1 Å². The molecule has 2 aromatic rings. The van der Waals surface area contributed by atoms with E-state index in [1.54, 1.807) is 12.1 Å². The van der Waals surface area contributed by atoms with E-state index in [9.17, 15) is 9.18 Å². The molecule has 158 valence electrons. The van der Waals surface area contributed by atoms with Crippen molar-refractivity contribution in [3.63, 3.8) is 0 Å². The summed E-state index contributed by atoms with van der Waals surface area (Å²) in [5, 5.41) is 0. The third kappa shape index (κ3) is 5.06. The van der Waals surface area contributed by atoms with E-state index in [1.165, 1.54) is 12.1 Å². The van der Waals surface area contributed by atoms with Crippen molar-refractivity contribution in [2.24, 2.45) is 0 Å². The number of hydrogen-bond acceptors (Lipinski definition) is 4. The molecular weight excluding hydrogens is 414 g/mol. The van der Waals surface area contributed by atoms with Crippen LogP contribution in [0, 0.1) is 5.82 Å². The molecule has 0 aliphatic carbocycles. The fraction of sp³-hybridized carbons (Fsp3) is 0.381. The zero-order valence-electron chi connectivity index (χ0n) is 16.2. The van der Waals surface area contributed by atoms with Gasteiger partial charge in [-0.05, 0) is 54.8 Å². The first-order valence-electron chi connectivity index (χ1n) is 9.52. The standard InChI is InChI=1S/C21H25FN4O.2ClH/c22-16-6-8-17(9-7-16)24-11-13-25(14-12-24)21(27)15-26-10-2-3-18-19(23)4-1-5-20(18)26;;/h1,4-9H,2-3,10-15,23H2;2*1H. The summed E-state index contributed by atoms with van der Waals surface area (Å²) in [6.45, 7) is 4.19. The van der Waals surface area contributed by atoms with Gasteiger partial charge in [0.15, 0.2) is 0 Å². The van der Waals surface area contributed by atoms with Gasteiger partial charge in [0.1, 0.15) is 5.82 Å². The molecule has 2 heterocycles. The molecule has 2 N–H and O–H groups in total. The second-order valence-electron chi connectivity index (χ2n) is 7.21. The SMILES string of the molecule is Cl.Cl.Nc1cccc2c1CCCN2CC(=O)N1CCN(c2ccc(F)cc2)CC1. The Morgan fingerprint density at radius 3 is 2.34 bits per heavy atom. The Kier molecular flexibility index (Phi) is 7.99. The molecule has 0 radical (unpaired) electrons. The summed E-state index contributed by atoms with van der Waals surface area (Å²) in [6, 6.07) is 12.5. The summed E-state index contributed by atoms with van der Waals surface area (Å²) < 4.78 is 13.1. The molecule has 2 aliphatic rings. The van der Waals surface area contributed by atoms with Gasteiger partial charge in [0.2, 0.25) is 5.91 Å². The molecule has 0 atom stereocenters. The maximum atomic E-state index is 13.1. The lowest BCUT2D eigenvalue weighted by atomic mass is 10.00. The average molecular weight is 441 g/mol. The highest BCUT2D eigenvalue weighted by Crippen LogP contribution is 2.31. The highest BCUT2D eigenvalue weighted by atomic mass is 35.5. The molecular formula is C21H27Cl2FN4O. The summed E-state index contributed by atoms with van der Waals surface area (Å²) in [5.41, 5.74) is 10.2. The van der Waals surface area contributed by atoms with E-state index >= 15 is 0 Å². The van der Waals surface area contributed by atoms with Gasteiger partial charge in [-0.15, -0.1) is 24.8 Å². The van der Waals surface area contributed by atoms with Crippen LogP contribution in [0.5, 0.6) is 0 Å². The fourth-order valence-electron chi connectivity index (χ4n) is 4.02. The number of halogens is 3. The van der Waals surface area contributed by atoms with Gasteiger partial charge in [0.25, 0.3) is 0 Å². The predicted octanol–water partition coefficient (Wildman–Crippen LogP) is 3.35. The molecule has 5 nitrogen and oxygen atoms in total. The zero-order valence-corrected chi connectivity index (χ0v) is 17.9. The number of fused-ring (bicyclic) bond motifs is 1. The number of carbonyl (C=O) groups is 1. The number of nitrogens with zero attached hydrogens (tertiary/aromatic N) is 3. The molecule has 2 aromatic carbocycles. The Morgan fingerprint density at radius 2 is 1.66 bits per heavy atom. The minimum Gasteiger partial charge on any atom is -0.398 e. The van der Waals surface area contributed by atoms with Crippen LogP contribution in [-0.4, -0.2) is 50.1 Å². The summed E-state index contributed by atoms with van der Waals surface area (Å²) in [6.07, 6.45) is 2.00.